The smallest absolute Gasteiger partial charge is 0.244 e. The maximum Gasteiger partial charge on any atom is 0.244 e. The first kappa shape index (κ1) is 10.9. The molecule has 1 aliphatic heterocycles. The highest BCUT2D eigenvalue weighted by Crippen LogP contribution is 2.27. The van der Waals surface area contributed by atoms with E-state index in [0.29, 0.717) is 5.82 Å². The number of aromatic nitrogens is 2. The average molecular weight is 249 g/mol. The van der Waals surface area contributed by atoms with Crippen LogP contribution in [0.5, 0.6) is 0 Å². The molecule has 1 N–H and O–H groups in total. The minimum absolute atomic E-state index is 0.240. The van der Waals surface area contributed by atoms with E-state index in [-0.39, 0.29) is 6.04 Å². The summed E-state index contributed by atoms with van der Waals surface area (Å²) in [6, 6.07) is 0.240. The lowest BCUT2D eigenvalue weighted by Gasteiger charge is -2.19. The van der Waals surface area contributed by atoms with Crippen molar-refractivity contribution in [2.24, 2.45) is 0 Å². The summed E-state index contributed by atoms with van der Waals surface area (Å²) in [5, 5.41) is 11.7. The molecule has 0 aromatic carbocycles. The second kappa shape index (κ2) is 4.58. The summed E-state index contributed by atoms with van der Waals surface area (Å²) in [4.78, 5) is 4.50. The second-order valence-corrected chi connectivity index (χ2v) is 5.17. The van der Waals surface area contributed by atoms with E-state index in [1.165, 1.54) is 18.4 Å². The van der Waals surface area contributed by atoms with E-state index in [1.807, 2.05) is 0 Å². The van der Waals surface area contributed by atoms with Crippen LogP contribution in [-0.2, 0) is 0 Å². The Kier molecular flexibility index (Phi) is 2.94. The lowest BCUT2D eigenvalue weighted by Crippen LogP contribution is -2.26. The van der Waals surface area contributed by atoms with Gasteiger partial charge >= 0.3 is 0 Å². The van der Waals surface area contributed by atoms with E-state index < -0.39 is 0 Å². The van der Waals surface area contributed by atoms with Gasteiger partial charge in [-0.2, -0.15) is 16.3 Å². The zero-order chi connectivity index (χ0) is 11.7. The van der Waals surface area contributed by atoms with Crippen LogP contribution in [0.3, 0.4) is 0 Å². The van der Waals surface area contributed by atoms with E-state index in [2.05, 4.69) is 33.1 Å². The molecule has 0 aliphatic carbocycles. The van der Waals surface area contributed by atoms with E-state index in [4.69, 9.17) is 4.52 Å². The van der Waals surface area contributed by atoms with Crippen LogP contribution in [0.4, 0.5) is 0 Å². The molecule has 0 unspecified atom stereocenters. The third-order valence-corrected chi connectivity index (χ3v) is 4.01. The number of piperidine rings is 1. The molecule has 0 amide bonds. The van der Waals surface area contributed by atoms with Gasteiger partial charge in [-0.1, -0.05) is 11.6 Å². The van der Waals surface area contributed by atoms with Crippen LogP contribution in [0.15, 0.2) is 15.3 Å². The van der Waals surface area contributed by atoms with Crippen molar-refractivity contribution in [3.8, 4) is 11.4 Å². The molecule has 3 rings (SSSR count). The van der Waals surface area contributed by atoms with Crippen LogP contribution in [0.1, 0.15) is 36.8 Å². The molecule has 5 heteroatoms. The van der Waals surface area contributed by atoms with Gasteiger partial charge in [-0.3, -0.25) is 0 Å². The molecular weight excluding hydrogens is 234 g/mol. The van der Waals surface area contributed by atoms with Crippen LogP contribution in [0, 0.1) is 6.92 Å². The number of nitrogens with zero attached hydrogens (tertiary/aromatic N) is 2. The van der Waals surface area contributed by atoms with Crippen LogP contribution in [0.25, 0.3) is 11.4 Å². The van der Waals surface area contributed by atoms with Crippen molar-refractivity contribution in [2.45, 2.75) is 32.2 Å². The van der Waals surface area contributed by atoms with E-state index in [9.17, 15) is 0 Å². The number of aryl methyl sites for hydroxylation is 1. The fourth-order valence-electron chi connectivity index (χ4n) is 2.14. The van der Waals surface area contributed by atoms with Crippen molar-refractivity contribution in [2.75, 3.05) is 6.54 Å². The molecule has 1 saturated heterocycles. The third kappa shape index (κ3) is 2.12. The minimum atomic E-state index is 0.240. The first-order valence-electron chi connectivity index (χ1n) is 5.95. The van der Waals surface area contributed by atoms with Gasteiger partial charge in [-0.05, 0) is 37.3 Å². The van der Waals surface area contributed by atoms with Crippen molar-refractivity contribution in [3.63, 3.8) is 0 Å². The number of hydrogen-bond donors (Lipinski definition) is 1. The van der Waals surface area contributed by atoms with E-state index in [1.54, 1.807) is 11.3 Å². The standard InChI is InChI=1S/C12H15N3OS/c1-8-6-17-7-9(8)11-14-12(16-15-11)10-4-2-3-5-13-10/h6-7,10,13H,2-5H2,1H3/t10-/m1/s1. The number of thiophene rings is 1. The summed E-state index contributed by atoms with van der Waals surface area (Å²) >= 11 is 1.67. The highest BCUT2D eigenvalue weighted by molar-refractivity contribution is 7.08. The molecule has 1 fully saturated rings. The fraction of sp³-hybridized carbons (Fsp3) is 0.500. The lowest BCUT2D eigenvalue weighted by atomic mass is 10.1. The highest BCUT2D eigenvalue weighted by Gasteiger charge is 2.21. The van der Waals surface area contributed by atoms with Gasteiger partial charge in [0.2, 0.25) is 11.7 Å². The van der Waals surface area contributed by atoms with Crippen molar-refractivity contribution in [1.29, 1.82) is 0 Å². The first-order chi connectivity index (χ1) is 8.34. The predicted octanol–water partition coefficient (Wildman–Crippen LogP) is 2.92. The van der Waals surface area contributed by atoms with Crippen molar-refractivity contribution < 1.29 is 4.52 Å². The zero-order valence-electron chi connectivity index (χ0n) is 9.77. The van der Waals surface area contributed by atoms with E-state index >= 15 is 0 Å². The topological polar surface area (TPSA) is 51.0 Å². The van der Waals surface area contributed by atoms with Gasteiger partial charge in [0.25, 0.3) is 0 Å². The Morgan fingerprint density at radius 1 is 1.41 bits per heavy atom. The van der Waals surface area contributed by atoms with Crippen LogP contribution < -0.4 is 5.32 Å². The van der Waals surface area contributed by atoms with Crippen LogP contribution in [0.2, 0.25) is 0 Å². The Hall–Kier alpha value is -1.20. The number of rotatable bonds is 2. The molecule has 1 atom stereocenters. The molecule has 3 heterocycles. The molecule has 2 aromatic rings. The molecule has 17 heavy (non-hydrogen) atoms. The maximum atomic E-state index is 5.36. The minimum Gasteiger partial charge on any atom is -0.337 e. The Morgan fingerprint density at radius 2 is 2.35 bits per heavy atom. The van der Waals surface area contributed by atoms with E-state index in [0.717, 1.165) is 24.4 Å². The molecule has 2 aromatic heterocycles. The molecule has 1 aliphatic rings. The Labute approximate surface area is 104 Å². The predicted molar refractivity (Wildman–Crippen MR) is 66.9 cm³/mol. The van der Waals surface area contributed by atoms with Crippen LogP contribution >= 0.6 is 11.3 Å². The first-order valence-corrected chi connectivity index (χ1v) is 6.89. The average Bonchev–Trinajstić information content (AvgIpc) is 2.98. The molecule has 4 nitrogen and oxygen atoms in total. The highest BCUT2D eigenvalue weighted by atomic mass is 32.1. The van der Waals surface area contributed by atoms with Gasteiger partial charge < -0.3 is 9.84 Å². The van der Waals surface area contributed by atoms with Crippen molar-refractivity contribution in [3.05, 3.63) is 22.2 Å². The summed E-state index contributed by atoms with van der Waals surface area (Å²) in [5.74, 6) is 1.44. The maximum absolute atomic E-state index is 5.36. The molecule has 0 bridgehead atoms. The van der Waals surface area contributed by atoms with Crippen LogP contribution in [-0.4, -0.2) is 16.7 Å². The molecule has 0 radical (unpaired) electrons. The summed E-state index contributed by atoms with van der Waals surface area (Å²) in [7, 11) is 0. The van der Waals surface area contributed by atoms with Crippen molar-refractivity contribution >= 4 is 11.3 Å². The zero-order valence-corrected chi connectivity index (χ0v) is 10.6. The van der Waals surface area contributed by atoms with Gasteiger partial charge in [0.15, 0.2) is 0 Å². The van der Waals surface area contributed by atoms with Gasteiger partial charge in [0, 0.05) is 10.9 Å². The molecule has 0 spiro atoms. The van der Waals surface area contributed by atoms with Crippen molar-refractivity contribution in [1.82, 2.24) is 15.5 Å². The van der Waals surface area contributed by atoms with Gasteiger partial charge in [0.1, 0.15) is 0 Å². The SMILES string of the molecule is Cc1cscc1-c1noc([C@H]2CCCCN2)n1. The largest absolute Gasteiger partial charge is 0.337 e. The Bertz CT molecular complexity index is 499. The summed E-state index contributed by atoms with van der Waals surface area (Å²) in [6.45, 7) is 3.11. The number of hydrogen-bond acceptors (Lipinski definition) is 5. The van der Waals surface area contributed by atoms with Gasteiger partial charge in [-0.25, -0.2) is 0 Å². The fourth-order valence-corrected chi connectivity index (χ4v) is 2.96. The molecule has 0 saturated carbocycles. The lowest BCUT2D eigenvalue weighted by molar-refractivity contribution is 0.297. The summed E-state index contributed by atoms with van der Waals surface area (Å²) in [5.41, 5.74) is 2.29. The summed E-state index contributed by atoms with van der Waals surface area (Å²) < 4.78 is 5.36. The third-order valence-electron chi connectivity index (χ3n) is 3.15. The molecular formula is C12H15N3OS. The molecule has 90 valence electrons. The Balaban J connectivity index is 1.85. The quantitative estimate of drug-likeness (QED) is 0.889. The van der Waals surface area contributed by atoms with Gasteiger partial charge in [0.05, 0.1) is 6.04 Å². The normalized spacial score (nSPS) is 20.6. The Morgan fingerprint density at radius 3 is 3.06 bits per heavy atom. The monoisotopic (exact) mass is 249 g/mol. The second-order valence-electron chi connectivity index (χ2n) is 4.43. The summed E-state index contributed by atoms with van der Waals surface area (Å²) in [6.07, 6.45) is 3.55. The van der Waals surface area contributed by atoms with Gasteiger partial charge in [-0.15, -0.1) is 0 Å². The number of nitrogens with one attached hydrogen (secondary N) is 1.